The van der Waals surface area contributed by atoms with E-state index in [0.29, 0.717) is 29.2 Å². The zero-order valence-electron chi connectivity index (χ0n) is 11.3. The molecule has 16 heavy (non-hydrogen) atoms. The van der Waals surface area contributed by atoms with Gasteiger partial charge in [-0.15, -0.1) is 6.58 Å². The van der Waals surface area contributed by atoms with Crippen LogP contribution in [0.15, 0.2) is 12.2 Å². The van der Waals surface area contributed by atoms with E-state index in [1.165, 1.54) is 5.57 Å². The highest BCUT2D eigenvalue weighted by Crippen LogP contribution is 2.23. The van der Waals surface area contributed by atoms with E-state index in [-0.39, 0.29) is 0 Å². The molecule has 0 saturated carbocycles. The first-order valence-corrected chi connectivity index (χ1v) is 10.6. The van der Waals surface area contributed by atoms with E-state index in [9.17, 15) is 0 Å². The summed E-state index contributed by atoms with van der Waals surface area (Å²) in [7, 11) is 6.17. The second kappa shape index (κ2) is 18.7. The molecular weight excluding hydrogens is 276 g/mol. The average Bonchev–Trinajstić information content (AvgIpc) is 2.02. The quantitative estimate of drug-likeness (QED) is 0.527. The van der Waals surface area contributed by atoms with Gasteiger partial charge >= 0.3 is 0 Å². The lowest BCUT2D eigenvalue weighted by Gasteiger charge is -1.99. The lowest BCUT2D eigenvalue weighted by Crippen LogP contribution is -1.89. The van der Waals surface area contributed by atoms with Gasteiger partial charge in [-0.2, -0.15) is 0 Å². The topological polar surface area (TPSA) is 18.5 Å². The van der Waals surface area contributed by atoms with E-state index in [1.807, 2.05) is 41.5 Å². The fourth-order valence-corrected chi connectivity index (χ4v) is 2.45. The molecule has 4 unspecified atom stereocenters. The summed E-state index contributed by atoms with van der Waals surface area (Å²) in [6, 6.07) is 0. The van der Waals surface area contributed by atoms with Gasteiger partial charge in [0.2, 0.25) is 0 Å². The standard InChI is InChI=1S/C4H8.2C3H10OP2/c1-4(2)3;2*1-3(2)4-6-5/h1H2,2-3H3;2*3,6H,5H2,1-2H3. The Bertz CT molecular complexity index is 127. The Morgan fingerprint density at radius 3 is 1.12 bits per heavy atom. The summed E-state index contributed by atoms with van der Waals surface area (Å²) in [5.41, 5.74) is 1.17. The number of allylic oxidation sites excluding steroid dienone is 1. The van der Waals surface area contributed by atoms with Crippen LogP contribution in [-0.2, 0) is 9.05 Å². The van der Waals surface area contributed by atoms with Crippen LogP contribution >= 0.6 is 34.8 Å². The van der Waals surface area contributed by atoms with E-state index in [4.69, 9.17) is 9.05 Å². The first-order valence-electron chi connectivity index (χ1n) is 5.12. The Labute approximate surface area is 110 Å². The molecule has 0 aromatic heterocycles. The molecule has 0 aromatic rings. The Balaban J connectivity index is -0.000000162. The first-order chi connectivity index (χ1) is 7.27. The van der Waals surface area contributed by atoms with Crippen LogP contribution < -0.4 is 0 Å². The smallest absolute Gasteiger partial charge is 0.0562 e. The van der Waals surface area contributed by atoms with Crippen molar-refractivity contribution in [1.82, 2.24) is 0 Å². The highest BCUT2D eigenvalue weighted by atomic mass is 32.0. The molecule has 0 aromatic carbocycles. The van der Waals surface area contributed by atoms with Crippen LogP contribution in [0.5, 0.6) is 0 Å². The zero-order valence-corrected chi connectivity index (χ0v) is 15.6. The fraction of sp³-hybridized carbons (Fsp3) is 0.800. The van der Waals surface area contributed by atoms with Crippen molar-refractivity contribution in [3.8, 4) is 0 Å². The van der Waals surface area contributed by atoms with Crippen LogP contribution in [-0.4, -0.2) is 12.2 Å². The van der Waals surface area contributed by atoms with Gasteiger partial charge in [-0.05, 0) is 41.5 Å². The first kappa shape index (κ1) is 22.6. The highest BCUT2D eigenvalue weighted by Gasteiger charge is 1.84. The maximum atomic E-state index is 5.03. The lowest BCUT2D eigenvalue weighted by atomic mass is 10.4. The van der Waals surface area contributed by atoms with E-state index in [0.717, 1.165) is 0 Å². The minimum atomic E-state index is 0.390. The third-order valence-corrected chi connectivity index (χ3v) is 2.64. The third kappa shape index (κ3) is 58.4. The van der Waals surface area contributed by atoms with Gasteiger partial charge in [0.05, 0.1) is 12.2 Å². The van der Waals surface area contributed by atoms with Crippen molar-refractivity contribution < 1.29 is 9.05 Å². The second-order valence-electron chi connectivity index (χ2n) is 3.78. The molecule has 0 bridgehead atoms. The van der Waals surface area contributed by atoms with Gasteiger partial charge in [0, 0.05) is 17.0 Å². The van der Waals surface area contributed by atoms with Crippen molar-refractivity contribution in [2.45, 2.75) is 53.8 Å². The minimum absolute atomic E-state index is 0.390. The Kier molecular flexibility index (Phi) is 26.4. The van der Waals surface area contributed by atoms with Crippen molar-refractivity contribution in [2.75, 3.05) is 0 Å². The number of hydrogen-bond acceptors (Lipinski definition) is 2. The van der Waals surface area contributed by atoms with Crippen LogP contribution in [0.25, 0.3) is 0 Å². The van der Waals surface area contributed by atoms with Gasteiger partial charge in [-0.1, -0.05) is 23.4 Å². The van der Waals surface area contributed by atoms with E-state index >= 15 is 0 Å². The molecule has 2 nitrogen and oxygen atoms in total. The van der Waals surface area contributed by atoms with E-state index in [2.05, 4.69) is 24.4 Å². The predicted octanol–water partition coefficient (Wildman–Crippen LogP) is 5.17. The summed E-state index contributed by atoms with van der Waals surface area (Å²) in [5.74, 6) is 0. The van der Waals surface area contributed by atoms with Crippen molar-refractivity contribution in [2.24, 2.45) is 0 Å². The van der Waals surface area contributed by atoms with Gasteiger partial charge in [0.1, 0.15) is 0 Å². The van der Waals surface area contributed by atoms with Crippen molar-refractivity contribution >= 4 is 34.8 Å². The van der Waals surface area contributed by atoms with Gasteiger partial charge in [-0.3, -0.25) is 0 Å². The molecule has 0 heterocycles. The second-order valence-corrected chi connectivity index (χ2v) is 6.13. The number of rotatable bonds is 4. The van der Waals surface area contributed by atoms with Crippen molar-refractivity contribution in [3.63, 3.8) is 0 Å². The molecule has 0 aliphatic heterocycles. The zero-order chi connectivity index (χ0) is 13.6. The molecule has 0 spiro atoms. The van der Waals surface area contributed by atoms with Crippen molar-refractivity contribution in [1.29, 1.82) is 0 Å². The molecule has 0 fully saturated rings. The Hall–Kier alpha value is 1.38. The average molecular weight is 304 g/mol. The molecule has 0 saturated heterocycles. The number of hydrogen-bond donors (Lipinski definition) is 0. The third-order valence-electron chi connectivity index (χ3n) is 0.607. The molecule has 0 aliphatic rings. The summed E-state index contributed by atoms with van der Waals surface area (Å²) >= 11 is 0. The van der Waals surface area contributed by atoms with E-state index in [1.54, 1.807) is 0 Å². The molecule has 0 rings (SSSR count). The van der Waals surface area contributed by atoms with Crippen LogP contribution in [0.4, 0.5) is 0 Å². The molecule has 6 heteroatoms. The molecule has 100 valence electrons. The highest BCUT2D eigenvalue weighted by molar-refractivity contribution is 8.00. The molecule has 4 atom stereocenters. The summed E-state index contributed by atoms with van der Waals surface area (Å²) in [5, 5.41) is 0. The van der Waals surface area contributed by atoms with Crippen molar-refractivity contribution in [3.05, 3.63) is 12.2 Å². The maximum absolute atomic E-state index is 5.03. The fourth-order valence-electron chi connectivity index (χ4n) is 0.272. The summed E-state index contributed by atoms with van der Waals surface area (Å²) < 4.78 is 10.1. The molecule has 0 amide bonds. The summed E-state index contributed by atoms with van der Waals surface area (Å²) in [6.45, 7) is 15.6. The SMILES string of the molecule is C=C(C)C.CC(C)OPP.CC(C)OPP. The van der Waals surface area contributed by atoms with Crippen LogP contribution in [0.2, 0.25) is 0 Å². The maximum Gasteiger partial charge on any atom is 0.0562 e. The Morgan fingerprint density at radius 2 is 1.12 bits per heavy atom. The normalized spacial score (nSPS) is 10.6. The lowest BCUT2D eigenvalue weighted by molar-refractivity contribution is 0.284. The van der Waals surface area contributed by atoms with Gasteiger partial charge in [-0.25, -0.2) is 0 Å². The Morgan fingerprint density at radius 1 is 0.938 bits per heavy atom. The van der Waals surface area contributed by atoms with Gasteiger partial charge in [0.25, 0.3) is 0 Å². The summed E-state index contributed by atoms with van der Waals surface area (Å²) in [4.78, 5) is 0. The minimum Gasteiger partial charge on any atom is -0.356 e. The monoisotopic (exact) mass is 304 g/mol. The van der Waals surface area contributed by atoms with E-state index < -0.39 is 0 Å². The molecule has 0 radical (unpaired) electrons. The predicted molar refractivity (Wildman–Crippen MR) is 89.0 cm³/mol. The molecule has 0 aliphatic carbocycles. The largest absolute Gasteiger partial charge is 0.356 e. The van der Waals surface area contributed by atoms with Crippen LogP contribution in [0, 0.1) is 0 Å². The van der Waals surface area contributed by atoms with Gasteiger partial charge < -0.3 is 9.05 Å². The van der Waals surface area contributed by atoms with Crippen LogP contribution in [0.1, 0.15) is 41.5 Å². The molecular formula is C10H28O2P4. The molecule has 0 N–H and O–H groups in total. The van der Waals surface area contributed by atoms with Crippen LogP contribution in [0.3, 0.4) is 0 Å². The summed E-state index contributed by atoms with van der Waals surface area (Å²) in [6.07, 6.45) is 0.779. The van der Waals surface area contributed by atoms with Gasteiger partial charge in [0.15, 0.2) is 0 Å².